The Labute approximate surface area is 149 Å². The van der Waals surface area contributed by atoms with Crippen LogP contribution < -0.4 is 10.1 Å². The topological polar surface area (TPSA) is 81.9 Å². The fourth-order valence-corrected chi connectivity index (χ4v) is 2.09. The molecule has 0 atom stereocenters. The first-order valence-corrected chi connectivity index (χ1v) is 7.48. The van der Waals surface area contributed by atoms with Crippen molar-refractivity contribution >= 4 is 11.6 Å². The highest BCUT2D eigenvalue weighted by atomic mass is 19.4. The highest BCUT2D eigenvalue weighted by Gasteiger charge is 2.30. The monoisotopic (exact) mass is 381 g/mol. The smallest absolute Gasteiger partial charge is 0.406 e. The molecule has 2 aromatic carbocycles. The van der Waals surface area contributed by atoms with E-state index in [9.17, 15) is 22.4 Å². The summed E-state index contributed by atoms with van der Waals surface area (Å²) in [5, 5.41) is 14.0. The Morgan fingerprint density at radius 3 is 2.37 bits per heavy atom. The van der Waals surface area contributed by atoms with Crippen LogP contribution in [-0.4, -0.2) is 32.5 Å². The number of aromatic nitrogens is 4. The van der Waals surface area contributed by atoms with Crippen molar-refractivity contribution in [2.24, 2.45) is 0 Å². The van der Waals surface area contributed by atoms with Crippen molar-refractivity contribution in [2.45, 2.75) is 12.9 Å². The number of hydrogen-bond donors (Lipinski definition) is 1. The fourth-order valence-electron chi connectivity index (χ4n) is 2.09. The van der Waals surface area contributed by atoms with E-state index in [-0.39, 0.29) is 18.1 Å². The lowest BCUT2D eigenvalue weighted by molar-refractivity contribution is -0.274. The quantitative estimate of drug-likeness (QED) is 0.687. The van der Waals surface area contributed by atoms with Gasteiger partial charge in [0.1, 0.15) is 18.1 Å². The summed E-state index contributed by atoms with van der Waals surface area (Å²) in [5.74, 6) is -1.10. The number of alkyl halides is 3. The highest BCUT2D eigenvalue weighted by Crippen LogP contribution is 2.24. The summed E-state index contributed by atoms with van der Waals surface area (Å²) in [5.41, 5.74) is 0.803. The molecule has 0 bridgehead atoms. The Bertz CT molecular complexity index is 923. The number of anilines is 1. The van der Waals surface area contributed by atoms with Gasteiger partial charge in [-0.1, -0.05) is 0 Å². The minimum absolute atomic E-state index is 0.219. The number of tetrazole rings is 1. The number of carbonyl (C=O) groups is 1. The van der Waals surface area contributed by atoms with Crippen molar-refractivity contribution in [1.29, 1.82) is 0 Å². The number of carbonyl (C=O) groups excluding carboxylic acids is 1. The molecule has 1 N–H and O–H groups in total. The molecule has 1 heterocycles. The molecular formula is C16H11F4N5O2. The summed E-state index contributed by atoms with van der Waals surface area (Å²) in [7, 11) is 0. The van der Waals surface area contributed by atoms with Gasteiger partial charge in [-0.2, -0.15) is 4.80 Å². The van der Waals surface area contributed by atoms with Crippen LogP contribution in [0.1, 0.15) is 0 Å². The third kappa shape index (κ3) is 5.23. The van der Waals surface area contributed by atoms with Crippen molar-refractivity contribution in [1.82, 2.24) is 20.2 Å². The molecule has 0 radical (unpaired) electrons. The van der Waals surface area contributed by atoms with E-state index in [1.807, 2.05) is 0 Å². The van der Waals surface area contributed by atoms with E-state index in [1.54, 1.807) is 0 Å². The Hall–Kier alpha value is -3.50. The van der Waals surface area contributed by atoms with E-state index >= 15 is 0 Å². The van der Waals surface area contributed by atoms with E-state index in [2.05, 4.69) is 25.5 Å². The third-order valence-electron chi connectivity index (χ3n) is 3.21. The fraction of sp³-hybridized carbons (Fsp3) is 0.125. The Morgan fingerprint density at radius 1 is 1.07 bits per heavy atom. The molecule has 3 aromatic rings. The zero-order chi connectivity index (χ0) is 19.4. The van der Waals surface area contributed by atoms with Gasteiger partial charge in [-0.15, -0.1) is 23.4 Å². The van der Waals surface area contributed by atoms with Crippen LogP contribution in [0.3, 0.4) is 0 Å². The Morgan fingerprint density at radius 2 is 1.74 bits per heavy atom. The largest absolute Gasteiger partial charge is 0.573 e. The SMILES string of the molecule is O=C(Cn1nnc(-c2ccc(F)cc2)n1)Nc1ccc(OC(F)(F)F)cc1. The van der Waals surface area contributed by atoms with E-state index < -0.39 is 23.8 Å². The summed E-state index contributed by atoms with van der Waals surface area (Å²) < 4.78 is 53.0. The van der Waals surface area contributed by atoms with Crippen LogP contribution in [0.4, 0.5) is 23.2 Å². The number of benzene rings is 2. The molecule has 0 saturated carbocycles. The van der Waals surface area contributed by atoms with E-state index in [4.69, 9.17) is 0 Å². The zero-order valence-corrected chi connectivity index (χ0v) is 13.4. The second-order valence-corrected chi connectivity index (χ2v) is 5.27. The van der Waals surface area contributed by atoms with Crippen LogP contribution in [0.2, 0.25) is 0 Å². The van der Waals surface area contributed by atoms with Crippen LogP contribution >= 0.6 is 0 Å². The van der Waals surface area contributed by atoms with Crippen molar-refractivity contribution < 1.29 is 27.1 Å². The van der Waals surface area contributed by atoms with Gasteiger partial charge < -0.3 is 10.1 Å². The normalized spacial score (nSPS) is 11.3. The van der Waals surface area contributed by atoms with E-state index in [0.29, 0.717) is 5.56 Å². The number of ether oxygens (including phenoxy) is 1. The number of halogens is 4. The minimum Gasteiger partial charge on any atom is -0.406 e. The van der Waals surface area contributed by atoms with Crippen molar-refractivity contribution in [3.05, 3.63) is 54.3 Å². The molecule has 0 spiro atoms. The van der Waals surface area contributed by atoms with Gasteiger partial charge in [0, 0.05) is 11.3 Å². The summed E-state index contributed by atoms with van der Waals surface area (Å²) in [6.07, 6.45) is -4.79. The van der Waals surface area contributed by atoms with Gasteiger partial charge in [0.05, 0.1) is 0 Å². The van der Waals surface area contributed by atoms with Crippen molar-refractivity contribution in [3.63, 3.8) is 0 Å². The second kappa shape index (κ2) is 7.40. The molecule has 27 heavy (non-hydrogen) atoms. The second-order valence-electron chi connectivity index (χ2n) is 5.27. The maximum atomic E-state index is 12.9. The predicted molar refractivity (Wildman–Crippen MR) is 85.0 cm³/mol. The first kappa shape index (κ1) is 18.3. The molecule has 1 amide bonds. The highest BCUT2D eigenvalue weighted by molar-refractivity contribution is 5.90. The number of hydrogen-bond acceptors (Lipinski definition) is 5. The van der Waals surface area contributed by atoms with E-state index in [1.165, 1.54) is 36.4 Å². The van der Waals surface area contributed by atoms with Crippen LogP contribution in [0.15, 0.2) is 48.5 Å². The predicted octanol–water partition coefficient (Wildman–Crippen LogP) is 3.02. The number of amides is 1. The van der Waals surface area contributed by atoms with Gasteiger partial charge in [-0.25, -0.2) is 4.39 Å². The Balaban J connectivity index is 1.59. The summed E-state index contributed by atoms with van der Waals surface area (Å²) in [6.45, 7) is -0.269. The lowest BCUT2D eigenvalue weighted by Gasteiger charge is -2.09. The molecule has 140 valence electrons. The first-order valence-electron chi connectivity index (χ1n) is 7.48. The van der Waals surface area contributed by atoms with Crippen LogP contribution in [0.25, 0.3) is 11.4 Å². The molecule has 0 aliphatic heterocycles. The van der Waals surface area contributed by atoms with Gasteiger partial charge >= 0.3 is 6.36 Å². The Kier molecular flexibility index (Phi) is 5.01. The number of nitrogens with one attached hydrogen (secondary N) is 1. The molecule has 0 aliphatic rings. The van der Waals surface area contributed by atoms with Crippen LogP contribution in [0.5, 0.6) is 5.75 Å². The van der Waals surface area contributed by atoms with Gasteiger partial charge in [0.25, 0.3) is 0 Å². The van der Waals surface area contributed by atoms with Crippen molar-refractivity contribution in [2.75, 3.05) is 5.32 Å². The molecule has 0 fully saturated rings. The zero-order valence-electron chi connectivity index (χ0n) is 13.4. The molecule has 7 nitrogen and oxygen atoms in total. The molecule has 0 aliphatic carbocycles. The standard InChI is InChI=1S/C16H11F4N5O2/c17-11-3-1-10(2-4-11)15-22-24-25(23-15)9-14(26)21-12-5-7-13(8-6-12)27-16(18,19)20/h1-8H,9H2,(H,21,26). The number of nitrogens with zero attached hydrogens (tertiary/aromatic N) is 4. The summed E-state index contributed by atoms with van der Waals surface area (Å²) in [6, 6.07) is 10.1. The molecular weight excluding hydrogens is 370 g/mol. The molecule has 0 unspecified atom stereocenters. The van der Waals surface area contributed by atoms with Gasteiger partial charge in [-0.05, 0) is 53.7 Å². The van der Waals surface area contributed by atoms with E-state index in [0.717, 1.165) is 16.9 Å². The lowest BCUT2D eigenvalue weighted by atomic mass is 10.2. The first-order chi connectivity index (χ1) is 12.8. The molecule has 1 aromatic heterocycles. The van der Waals surface area contributed by atoms with Crippen LogP contribution in [-0.2, 0) is 11.3 Å². The van der Waals surface area contributed by atoms with Gasteiger partial charge in [0.2, 0.25) is 11.7 Å². The molecule has 3 rings (SSSR count). The third-order valence-corrected chi connectivity index (χ3v) is 3.21. The van der Waals surface area contributed by atoms with Crippen LogP contribution in [0, 0.1) is 5.82 Å². The van der Waals surface area contributed by atoms with Gasteiger partial charge in [-0.3, -0.25) is 4.79 Å². The maximum absolute atomic E-state index is 12.9. The molecule has 11 heteroatoms. The minimum atomic E-state index is -4.79. The average molecular weight is 381 g/mol. The maximum Gasteiger partial charge on any atom is 0.573 e. The van der Waals surface area contributed by atoms with Gasteiger partial charge in [0.15, 0.2) is 0 Å². The summed E-state index contributed by atoms with van der Waals surface area (Å²) >= 11 is 0. The van der Waals surface area contributed by atoms with Crippen molar-refractivity contribution in [3.8, 4) is 17.1 Å². The lowest BCUT2D eigenvalue weighted by Crippen LogP contribution is -2.20. The summed E-state index contributed by atoms with van der Waals surface area (Å²) in [4.78, 5) is 13.0. The molecule has 0 saturated heterocycles. The average Bonchev–Trinajstić information content (AvgIpc) is 3.04. The number of rotatable bonds is 5.